The van der Waals surface area contributed by atoms with Crippen molar-refractivity contribution in [3.05, 3.63) is 96.7 Å². The molecule has 5 nitrogen and oxygen atoms in total. The molecule has 1 saturated heterocycles. The molecule has 3 aromatic carbocycles. The summed E-state index contributed by atoms with van der Waals surface area (Å²) in [5.41, 5.74) is 1.91. The highest BCUT2D eigenvalue weighted by atomic mass is 127. The average molecular weight is 610 g/mol. The minimum atomic E-state index is -0.463. The number of methoxy groups -OCH3 is 1. The first-order valence-electron chi connectivity index (χ1n) is 10.1. The maximum atomic E-state index is 14.0. The zero-order valence-corrected chi connectivity index (χ0v) is 21.6. The second kappa shape index (κ2) is 10.8. The van der Waals surface area contributed by atoms with Crippen molar-refractivity contribution < 1.29 is 23.5 Å². The summed E-state index contributed by atoms with van der Waals surface area (Å²) in [4.78, 5) is 26.6. The Bertz CT molecular complexity index is 1280. The van der Waals surface area contributed by atoms with E-state index in [0.717, 1.165) is 25.8 Å². The fraction of sp³-hybridized carbons (Fsp3) is 0.120. The van der Waals surface area contributed by atoms with Gasteiger partial charge in [0.05, 0.1) is 22.1 Å². The molecule has 3 aromatic rings. The van der Waals surface area contributed by atoms with Gasteiger partial charge in [-0.05, 0) is 81.9 Å². The summed E-state index contributed by atoms with van der Waals surface area (Å²) in [6, 6.07) is 17.0. The van der Waals surface area contributed by atoms with Crippen molar-refractivity contribution in [1.29, 1.82) is 0 Å². The minimum Gasteiger partial charge on any atom is -0.493 e. The van der Waals surface area contributed by atoms with Gasteiger partial charge in [0.2, 0.25) is 0 Å². The van der Waals surface area contributed by atoms with Crippen molar-refractivity contribution in [3.8, 4) is 11.5 Å². The Balaban J connectivity index is 1.53. The molecule has 2 amide bonds. The number of benzene rings is 3. The van der Waals surface area contributed by atoms with Crippen LogP contribution in [0.4, 0.5) is 9.18 Å². The first-order valence-corrected chi connectivity index (χ1v) is 12.4. The molecule has 0 atom stereocenters. The number of imide groups is 1. The molecule has 9 heteroatoms. The van der Waals surface area contributed by atoms with Crippen LogP contribution in [-0.2, 0) is 17.9 Å². The predicted molar refractivity (Wildman–Crippen MR) is 139 cm³/mol. The fourth-order valence-electron chi connectivity index (χ4n) is 3.28. The zero-order valence-electron chi connectivity index (χ0n) is 17.9. The van der Waals surface area contributed by atoms with Crippen molar-refractivity contribution in [1.82, 2.24) is 4.90 Å². The first kappa shape index (κ1) is 24.6. The Morgan fingerprint density at radius 1 is 1.12 bits per heavy atom. The monoisotopic (exact) mass is 609 g/mol. The first-order chi connectivity index (χ1) is 16.4. The van der Waals surface area contributed by atoms with Gasteiger partial charge in [-0.1, -0.05) is 41.9 Å². The number of thioether (sulfide) groups is 1. The Hall–Kier alpha value is -2.56. The SMILES string of the molecule is COc1cc(/C=C2\SC(=O)N(Cc3ccccc3F)C2=O)cc(I)c1OCc1ccc(Cl)cc1. The molecule has 0 saturated carbocycles. The summed E-state index contributed by atoms with van der Waals surface area (Å²) < 4.78 is 26.3. The fourth-order valence-corrected chi connectivity index (χ4v) is 5.03. The van der Waals surface area contributed by atoms with E-state index in [-0.39, 0.29) is 17.0 Å². The van der Waals surface area contributed by atoms with E-state index in [1.807, 2.05) is 18.2 Å². The van der Waals surface area contributed by atoms with E-state index in [2.05, 4.69) is 22.6 Å². The quantitative estimate of drug-likeness (QED) is 0.215. The zero-order chi connectivity index (χ0) is 24.2. The molecule has 0 spiro atoms. The molecule has 0 unspecified atom stereocenters. The van der Waals surface area contributed by atoms with Crippen molar-refractivity contribution in [3.63, 3.8) is 0 Å². The number of rotatable bonds is 7. The van der Waals surface area contributed by atoms with Crippen LogP contribution in [0.5, 0.6) is 11.5 Å². The number of amides is 2. The Morgan fingerprint density at radius 3 is 2.56 bits per heavy atom. The average Bonchev–Trinajstić information content (AvgIpc) is 3.07. The van der Waals surface area contributed by atoms with Crippen LogP contribution in [-0.4, -0.2) is 23.2 Å². The third-order valence-corrected chi connectivity index (χ3v) is 6.97. The van der Waals surface area contributed by atoms with Crippen LogP contribution >= 0.6 is 46.0 Å². The van der Waals surface area contributed by atoms with Crippen LogP contribution in [0.2, 0.25) is 5.02 Å². The van der Waals surface area contributed by atoms with Crippen LogP contribution in [0.3, 0.4) is 0 Å². The van der Waals surface area contributed by atoms with E-state index in [9.17, 15) is 14.0 Å². The number of nitrogens with zero attached hydrogens (tertiary/aromatic N) is 1. The highest BCUT2D eigenvalue weighted by Crippen LogP contribution is 2.38. The third-order valence-electron chi connectivity index (χ3n) is 5.01. The van der Waals surface area contributed by atoms with Gasteiger partial charge in [-0.15, -0.1) is 0 Å². The van der Waals surface area contributed by atoms with Gasteiger partial charge in [-0.25, -0.2) is 4.39 Å². The number of carbonyl (C=O) groups excluding carboxylic acids is 2. The standard InChI is InChI=1S/C25H18ClFINO4S/c1-32-21-11-16(10-20(28)23(21)33-14-15-6-8-18(26)9-7-15)12-22-24(30)29(25(31)34-22)13-17-4-2-3-5-19(17)27/h2-12H,13-14H2,1H3/b22-12-. The molecule has 0 radical (unpaired) electrons. The van der Waals surface area contributed by atoms with Gasteiger partial charge in [-0.2, -0.15) is 0 Å². The topological polar surface area (TPSA) is 55.8 Å². The molecular formula is C25H18ClFINO4S. The lowest BCUT2D eigenvalue weighted by molar-refractivity contribution is -0.123. The van der Waals surface area contributed by atoms with Gasteiger partial charge in [0, 0.05) is 10.6 Å². The van der Waals surface area contributed by atoms with Gasteiger partial charge in [0.1, 0.15) is 12.4 Å². The predicted octanol–water partition coefficient (Wildman–Crippen LogP) is 6.91. The Kier molecular flexibility index (Phi) is 7.80. The Morgan fingerprint density at radius 2 is 1.85 bits per heavy atom. The molecule has 34 heavy (non-hydrogen) atoms. The lowest BCUT2D eigenvalue weighted by Gasteiger charge is -2.14. The molecule has 1 aliphatic heterocycles. The molecule has 0 aliphatic carbocycles. The van der Waals surface area contributed by atoms with E-state index in [1.54, 1.807) is 42.5 Å². The van der Waals surface area contributed by atoms with Gasteiger partial charge >= 0.3 is 0 Å². The molecule has 1 heterocycles. The normalized spacial score (nSPS) is 14.7. The Labute approximate surface area is 219 Å². The number of hydrogen-bond donors (Lipinski definition) is 0. The summed E-state index contributed by atoms with van der Waals surface area (Å²) in [6.45, 7) is 0.213. The van der Waals surface area contributed by atoms with Crippen molar-refractivity contribution in [2.75, 3.05) is 7.11 Å². The highest BCUT2D eigenvalue weighted by molar-refractivity contribution is 14.1. The summed E-state index contributed by atoms with van der Waals surface area (Å²) in [5, 5.41) is 0.211. The van der Waals surface area contributed by atoms with Crippen LogP contribution in [0.25, 0.3) is 6.08 Å². The van der Waals surface area contributed by atoms with E-state index < -0.39 is 17.0 Å². The van der Waals surface area contributed by atoms with Crippen LogP contribution in [0.1, 0.15) is 16.7 Å². The summed E-state index contributed by atoms with van der Waals surface area (Å²) in [6.07, 6.45) is 1.62. The molecule has 4 rings (SSSR count). The van der Waals surface area contributed by atoms with Gasteiger partial charge in [-0.3, -0.25) is 14.5 Å². The van der Waals surface area contributed by atoms with Gasteiger partial charge in [0.15, 0.2) is 11.5 Å². The maximum Gasteiger partial charge on any atom is 0.293 e. The third kappa shape index (κ3) is 5.56. The lowest BCUT2D eigenvalue weighted by atomic mass is 10.1. The summed E-state index contributed by atoms with van der Waals surface area (Å²) in [7, 11) is 1.53. The van der Waals surface area contributed by atoms with E-state index in [4.69, 9.17) is 21.1 Å². The van der Waals surface area contributed by atoms with Crippen molar-refractivity contribution >= 4 is 63.2 Å². The molecule has 1 fully saturated rings. The number of halogens is 3. The second-order valence-electron chi connectivity index (χ2n) is 7.31. The van der Waals surface area contributed by atoms with E-state index >= 15 is 0 Å². The summed E-state index contributed by atoms with van der Waals surface area (Å²) >= 11 is 8.89. The largest absolute Gasteiger partial charge is 0.493 e. The molecule has 0 bridgehead atoms. The molecular weight excluding hydrogens is 592 g/mol. The van der Waals surface area contributed by atoms with Crippen LogP contribution < -0.4 is 9.47 Å². The number of hydrogen-bond acceptors (Lipinski definition) is 5. The van der Waals surface area contributed by atoms with Crippen molar-refractivity contribution in [2.45, 2.75) is 13.2 Å². The van der Waals surface area contributed by atoms with Crippen LogP contribution in [0.15, 0.2) is 65.6 Å². The van der Waals surface area contributed by atoms with Crippen LogP contribution in [0, 0.1) is 9.39 Å². The molecule has 0 N–H and O–H groups in total. The number of carbonyl (C=O) groups is 2. The van der Waals surface area contributed by atoms with Gasteiger partial charge < -0.3 is 9.47 Å². The smallest absolute Gasteiger partial charge is 0.293 e. The second-order valence-corrected chi connectivity index (χ2v) is 9.90. The maximum absolute atomic E-state index is 14.0. The number of ether oxygens (including phenoxy) is 2. The highest BCUT2D eigenvalue weighted by Gasteiger charge is 2.35. The van der Waals surface area contributed by atoms with E-state index in [1.165, 1.54) is 13.2 Å². The lowest BCUT2D eigenvalue weighted by Crippen LogP contribution is -2.27. The molecule has 0 aromatic heterocycles. The molecule has 1 aliphatic rings. The molecule has 174 valence electrons. The minimum absolute atomic E-state index is 0.118. The summed E-state index contributed by atoms with van der Waals surface area (Å²) in [5.74, 6) is 0.148. The van der Waals surface area contributed by atoms with E-state index in [0.29, 0.717) is 28.7 Å². The van der Waals surface area contributed by atoms with Crippen molar-refractivity contribution in [2.24, 2.45) is 0 Å². The van der Waals surface area contributed by atoms with Gasteiger partial charge in [0.25, 0.3) is 11.1 Å².